The van der Waals surface area contributed by atoms with Crippen LogP contribution in [0.1, 0.15) is 11.1 Å². The van der Waals surface area contributed by atoms with E-state index in [1.165, 1.54) is 7.11 Å². The Bertz CT molecular complexity index is 325. The summed E-state index contributed by atoms with van der Waals surface area (Å²) in [5.41, 5.74) is -1.19. The first-order chi connectivity index (χ1) is 6.49. The minimum absolute atomic E-state index is 0.0436. The SMILES string of the molecule is COc1cc(CO)c(C(F)(F)F)cn1. The Morgan fingerprint density at radius 1 is 1.50 bits per heavy atom. The highest BCUT2D eigenvalue weighted by molar-refractivity contribution is 5.30. The van der Waals surface area contributed by atoms with Crippen LogP contribution in [0, 0.1) is 0 Å². The summed E-state index contributed by atoms with van der Waals surface area (Å²) >= 11 is 0. The van der Waals surface area contributed by atoms with E-state index in [1.807, 2.05) is 0 Å². The fraction of sp³-hybridized carbons (Fsp3) is 0.375. The average molecular weight is 207 g/mol. The van der Waals surface area contributed by atoms with Crippen molar-refractivity contribution in [1.29, 1.82) is 0 Å². The summed E-state index contributed by atoms with van der Waals surface area (Å²) in [5.74, 6) is 0.0436. The third kappa shape index (κ3) is 2.14. The van der Waals surface area contributed by atoms with E-state index < -0.39 is 18.3 Å². The number of aromatic nitrogens is 1. The number of aliphatic hydroxyl groups is 1. The summed E-state index contributed by atoms with van der Waals surface area (Å²) in [6, 6.07) is 1.06. The molecule has 6 heteroatoms. The number of hydrogen-bond donors (Lipinski definition) is 1. The van der Waals surface area contributed by atoms with Crippen molar-refractivity contribution < 1.29 is 23.0 Å². The molecule has 1 aromatic rings. The maximum atomic E-state index is 12.3. The van der Waals surface area contributed by atoms with Crippen LogP contribution in [0.15, 0.2) is 12.3 Å². The molecule has 0 saturated carbocycles. The Morgan fingerprint density at radius 3 is 2.57 bits per heavy atom. The highest BCUT2D eigenvalue weighted by atomic mass is 19.4. The minimum Gasteiger partial charge on any atom is -0.481 e. The van der Waals surface area contributed by atoms with Crippen molar-refractivity contribution in [1.82, 2.24) is 4.98 Å². The molecule has 1 N–H and O–H groups in total. The van der Waals surface area contributed by atoms with E-state index in [4.69, 9.17) is 5.11 Å². The van der Waals surface area contributed by atoms with Gasteiger partial charge in [-0.2, -0.15) is 13.2 Å². The first-order valence-corrected chi connectivity index (χ1v) is 3.70. The summed E-state index contributed by atoms with van der Waals surface area (Å²) < 4.78 is 41.5. The number of methoxy groups -OCH3 is 1. The van der Waals surface area contributed by atoms with Gasteiger partial charge >= 0.3 is 6.18 Å². The Hall–Kier alpha value is -1.30. The molecule has 14 heavy (non-hydrogen) atoms. The Balaban J connectivity index is 3.18. The summed E-state index contributed by atoms with van der Waals surface area (Å²) in [7, 11) is 1.29. The number of pyridine rings is 1. The second-order valence-corrected chi connectivity index (χ2v) is 2.54. The van der Waals surface area contributed by atoms with Crippen molar-refractivity contribution >= 4 is 0 Å². The van der Waals surface area contributed by atoms with Gasteiger partial charge in [-0.3, -0.25) is 0 Å². The number of aliphatic hydroxyl groups excluding tert-OH is 1. The molecule has 0 spiro atoms. The van der Waals surface area contributed by atoms with E-state index in [1.54, 1.807) is 0 Å². The lowest BCUT2D eigenvalue weighted by Crippen LogP contribution is -2.10. The monoisotopic (exact) mass is 207 g/mol. The summed E-state index contributed by atoms with van der Waals surface area (Å²) in [4.78, 5) is 3.42. The van der Waals surface area contributed by atoms with Crippen LogP contribution >= 0.6 is 0 Å². The van der Waals surface area contributed by atoms with Crippen LogP contribution in [-0.2, 0) is 12.8 Å². The van der Waals surface area contributed by atoms with Gasteiger partial charge < -0.3 is 9.84 Å². The van der Waals surface area contributed by atoms with Crippen molar-refractivity contribution in [3.05, 3.63) is 23.4 Å². The van der Waals surface area contributed by atoms with Crippen molar-refractivity contribution in [2.75, 3.05) is 7.11 Å². The first kappa shape index (κ1) is 10.8. The van der Waals surface area contributed by atoms with Crippen molar-refractivity contribution in [3.8, 4) is 5.88 Å². The maximum absolute atomic E-state index is 12.3. The van der Waals surface area contributed by atoms with Gasteiger partial charge in [-0.1, -0.05) is 0 Å². The second-order valence-electron chi connectivity index (χ2n) is 2.54. The lowest BCUT2D eigenvalue weighted by atomic mass is 10.1. The van der Waals surface area contributed by atoms with Gasteiger partial charge in [-0.25, -0.2) is 4.98 Å². The molecule has 3 nitrogen and oxygen atoms in total. The number of nitrogens with zero attached hydrogens (tertiary/aromatic N) is 1. The molecular formula is C8H8F3NO2. The van der Waals surface area contributed by atoms with Crippen LogP contribution in [0.3, 0.4) is 0 Å². The number of hydrogen-bond acceptors (Lipinski definition) is 3. The predicted octanol–water partition coefficient (Wildman–Crippen LogP) is 1.60. The van der Waals surface area contributed by atoms with E-state index in [9.17, 15) is 13.2 Å². The second kappa shape index (κ2) is 3.83. The molecule has 0 atom stereocenters. The van der Waals surface area contributed by atoms with Crippen LogP contribution in [0.4, 0.5) is 13.2 Å². The molecule has 0 unspecified atom stereocenters. The van der Waals surface area contributed by atoms with Gasteiger partial charge in [0.1, 0.15) is 0 Å². The number of rotatable bonds is 2. The molecule has 0 aromatic carbocycles. The zero-order valence-corrected chi connectivity index (χ0v) is 7.30. The van der Waals surface area contributed by atoms with Gasteiger partial charge in [-0.05, 0) is 5.56 Å². The quantitative estimate of drug-likeness (QED) is 0.800. The number of alkyl halides is 3. The Labute approximate surface area is 78.2 Å². The molecule has 0 aliphatic carbocycles. The summed E-state index contributed by atoms with van der Waals surface area (Å²) in [5, 5.41) is 8.72. The lowest BCUT2D eigenvalue weighted by Gasteiger charge is -2.11. The molecule has 0 fully saturated rings. The predicted molar refractivity (Wildman–Crippen MR) is 41.7 cm³/mol. The van der Waals surface area contributed by atoms with Crippen LogP contribution < -0.4 is 4.74 Å². The van der Waals surface area contributed by atoms with Crippen molar-refractivity contribution in [2.45, 2.75) is 12.8 Å². The number of halogens is 3. The zero-order valence-electron chi connectivity index (χ0n) is 7.30. The normalized spacial score (nSPS) is 11.5. The molecule has 78 valence electrons. The van der Waals surface area contributed by atoms with Crippen LogP contribution in [0.2, 0.25) is 0 Å². The first-order valence-electron chi connectivity index (χ1n) is 3.70. The molecule has 0 aliphatic rings. The van der Waals surface area contributed by atoms with Gasteiger partial charge in [0.25, 0.3) is 0 Å². The molecule has 1 rings (SSSR count). The summed E-state index contributed by atoms with van der Waals surface area (Å²) in [6.07, 6.45) is -3.86. The highest BCUT2D eigenvalue weighted by Gasteiger charge is 2.33. The third-order valence-electron chi connectivity index (χ3n) is 1.65. The molecule has 0 saturated heterocycles. The zero-order chi connectivity index (χ0) is 10.8. The van der Waals surface area contributed by atoms with E-state index in [-0.39, 0.29) is 11.4 Å². The highest BCUT2D eigenvalue weighted by Crippen LogP contribution is 2.32. The third-order valence-corrected chi connectivity index (χ3v) is 1.65. The molecular weight excluding hydrogens is 199 g/mol. The topological polar surface area (TPSA) is 42.4 Å². The standard InChI is InChI=1S/C8H8F3NO2/c1-14-7-2-5(4-13)6(3-12-7)8(9,10)11/h2-3,13H,4H2,1H3. The van der Waals surface area contributed by atoms with Crippen LogP contribution in [0.25, 0.3) is 0 Å². The van der Waals surface area contributed by atoms with E-state index in [0.717, 1.165) is 6.07 Å². The molecule has 0 radical (unpaired) electrons. The largest absolute Gasteiger partial charge is 0.481 e. The van der Waals surface area contributed by atoms with E-state index in [2.05, 4.69) is 9.72 Å². The summed E-state index contributed by atoms with van der Waals surface area (Å²) in [6.45, 7) is -0.701. The van der Waals surface area contributed by atoms with E-state index in [0.29, 0.717) is 6.20 Å². The van der Waals surface area contributed by atoms with Gasteiger partial charge in [0.2, 0.25) is 5.88 Å². The maximum Gasteiger partial charge on any atom is 0.418 e. The van der Waals surface area contributed by atoms with Crippen LogP contribution in [0.5, 0.6) is 5.88 Å². The number of ether oxygens (including phenoxy) is 1. The van der Waals surface area contributed by atoms with Crippen LogP contribution in [-0.4, -0.2) is 17.2 Å². The van der Waals surface area contributed by atoms with Gasteiger partial charge in [0.15, 0.2) is 0 Å². The molecule has 0 aliphatic heterocycles. The molecule has 0 bridgehead atoms. The fourth-order valence-corrected chi connectivity index (χ4v) is 0.973. The van der Waals surface area contributed by atoms with Crippen molar-refractivity contribution in [3.63, 3.8) is 0 Å². The van der Waals surface area contributed by atoms with Gasteiger partial charge in [0.05, 0.1) is 19.3 Å². The molecule has 0 amide bonds. The molecule has 1 heterocycles. The fourth-order valence-electron chi connectivity index (χ4n) is 0.973. The minimum atomic E-state index is -4.50. The van der Waals surface area contributed by atoms with Crippen molar-refractivity contribution in [2.24, 2.45) is 0 Å². The smallest absolute Gasteiger partial charge is 0.418 e. The van der Waals surface area contributed by atoms with E-state index >= 15 is 0 Å². The van der Waals surface area contributed by atoms with Gasteiger partial charge in [0, 0.05) is 12.3 Å². The average Bonchev–Trinajstić information content (AvgIpc) is 2.15. The molecule has 1 aromatic heterocycles. The Kier molecular flexibility index (Phi) is 2.95. The van der Waals surface area contributed by atoms with Gasteiger partial charge in [-0.15, -0.1) is 0 Å². The Morgan fingerprint density at radius 2 is 2.14 bits per heavy atom. The lowest BCUT2D eigenvalue weighted by molar-refractivity contribution is -0.138.